The molecule has 0 N–H and O–H groups in total. The highest BCUT2D eigenvalue weighted by atomic mass is 14.6. The van der Waals surface area contributed by atoms with Gasteiger partial charge in [0.05, 0.1) is 0 Å². The molecule has 0 radical (unpaired) electrons. The second-order valence-corrected chi connectivity index (χ2v) is 11.1. The van der Waals surface area contributed by atoms with Gasteiger partial charge in [0.1, 0.15) is 0 Å². The summed E-state index contributed by atoms with van der Waals surface area (Å²) in [5, 5.41) is 0. The van der Waals surface area contributed by atoms with Crippen molar-refractivity contribution in [2.45, 2.75) is 143 Å². The predicted molar refractivity (Wildman–Crippen MR) is 120 cm³/mol. The highest BCUT2D eigenvalue weighted by Gasteiger charge is 2.55. The maximum Gasteiger partial charge on any atom is -0.0266 e. The lowest BCUT2D eigenvalue weighted by molar-refractivity contribution is -0.0260. The van der Waals surface area contributed by atoms with E-state index in [1.54, 1.807) is 64.2 Å². The van der Waals surface area contributed by atoms with Crippen LogP contribution in [0.3, 0.4) is 0 Å². The Morgan fingerprint density at radius 3 is 2.00 bits per heavy atom. The second kappa shape index (κ2) is 10.2. The Balaban J connectivity index is 1.46. The van der Waals surface area contributed by atoms with Crippen molar-refractivity contribution >= 4 is 0 Å². The molecule has 3 fully saturated rings. The quantitative estimate of drug-likeness (QED) is 0.316. The summed E-state index contributed by atoms with van der Waals surface area (Å²) in [5.74, 6) is 3.16. The predicted octanol–water partition coefficient (Wildman–Crippen LogP) is 9.32. The standard InChI is InChI=1S/C27H50/c1-4-6-7-8-9-10-11-17-27(21-22-27)25-14-12-18-26(23(25)3)19-15-24(13-5-2)16-20-26/h23-25H,4-22H2,1-3H3/t23-,24?,25?,26?/m0/s1. The second-order valence-electron chi connectivity index (χ2n) is 11.1. The van der Waals surface area contributed by atoms with Gasteiger partial charge in [0.2, 0.25) is 0 Å². The van der Waals surface area contributed by atoms with Crippen molar-refractivity contribution in [3.63, 3.8) is 0 Å². The Kier molecular flexibility index (Phi) is 8.16. The summed E-state index contributed by atoms with van der Waals surface area (Å²) >= 11 is 0. The van der Waals surface area contributed by atoms with Crippen LogP contribution in [0.2, 0.25) is 0 Å². The molecule has 2 atom stereocenters. The fourth-order valence-corrected chi connectivity index (χ4v) is 7.47. The van der Waals surface area contributed by atoms with Crippen molar-refractivity contribution in [3.05, 3.63) is 0 Å². The lowest BCUT2D eigenvalue weighted by atomic mass is 9.52. The van der Waals surface area contributed by atoms with Crippen LogP contribution >= 0.6 is 0 Å². The minimum absolute atomic E-state index is 0.753. The van der Waals surface area contributed by atoms with Crippen molar-refractivity contribution < 1.29 is 0 Å². The first kappa shape index (κ1) is 21.7. The number of hydrogen-bond acceptors (Lipinski definition) is 0. The molecule has 3 aliphatic rings. The molecule has 27 heavy (non-hydrogen) atoms. The molecule has 1 spiro atoms. The molecule has 0 amide bonds. The van der Waals surface area contributed by atoms with Crippen LogP contribution in [0.25, 0.3) is 0 Å². The number of hydrogen-bond donors (Lipinski definition) is 0. The number of rotatable bonds is 11. The van der Waals surface area contributed by atoms with Crippen LogP contribution in [0.5, 0.6) is 0 Å². The van der Waals surface area contributed by atoms with Crippen LogP contribution in [0.15, 0.2) is 0 Å². The topological polar surface area (TPSA) is 0 Å². The van der Waals surface area contributed by atoms with Gasteiger partial charge >= 0.3 is 0 Å². The number of unbranched alkanes of at least 4 members (excludes halogenated alkanes) is 6. The smallest absolute Gasteiger partial charge is 0.0266 e. The molecule has 0 heteroatoms. The van der Waals surface area contributed by atoms with Gasteiger partial charge in [0, 0.05) is 0 Å². The van der Waals surface area contributed by atoms with Crippen LogP contribution in [0.4, 0.5) is 0 Å². The van der Waals surface area contributed by atoms with E-state index in [2.05, 4.69) is 20.8 Å². The zero-order valence-electron chi connectivity index (χ0n) is 19.2. The van der Waals surface area contributed by atoms with Crippen LogP contribution in [-0.4, -0.2) is 0 Å². The molecule has 158 valence electrons. The summed E-state index contributed by atoms with van der Waals surface area (Å²) in [4.78, 5) is 0. The third-order valence-electron chi connectivity index (χ3n) is 9.51. The Hall–Kier alpha value is 0. The summed E-state index contributed by atoms with van der Waals surface area (Å²) in [6.07, 6.45) is 28.9. The molecule has 0 aliphatic heterocycles. The van der Waals surface area contributed by atoms with Gasteiger partial charge in [-0.3, -0.25) is 0 Å². The van der Waals surface area contributed by atoms with E-state index < -0.39 is 0 Å². The lowest BCUT2D eigenvalue weighted by Gasteiger charge is -2.53. The maximum absolute atomic E-state index is 2.70. The molecule has 0 saturated heterocycles. The molecule has 0 bridgehead atoms. The summed E-state index contributed by atoms with van der Waals surface area (Å²) in [6, 6.07) is 0. The summed E-state index contributed by atoms with van der Waals surface area (Å²) in [7, 11) is 0. The Labute approximate surface area is 171 Å². The van der Waals surface area contributed by atoms with Gasteiger partial charge in [-0.2, -0.15) is 0 Å². The van der Waals surface area contributed by atoms with Gasteiger partial charge in [-0.25, -0.2) is 0 Å². The average Bonchev–Trinajstić information content (AvgIpc) is 3.46. The fourth-order valence-electron chi connectivity index (χ4n) is 7.47. The summed E-state index contributed by atoms with van der Waals surface area (Å²) in [6.45, 7) is 7.41. The minimum Gasteiger partial charge on any atom is -0.0654 e. The molecule has 0 nitrogen and oxygen atoms in total. The average molecular weight is 375 g/mol. The molecule has 0 aromatic carbocycles. The van der Waals surface area contributed by atoms with E-state index in [9.17, 15) is 0 Å². The first-order valence-corrected chi connectivity index (χ1v) is 13.2. The molecular weight excluding hydrogens is 324 g/mol. The monoisotopic (exact) mass is 374 g/mol. The van der Waals surface area contributed by atoms with Crippen LogP contribution in [0, 0.1) is 28.6 Å². The Morgan fingerprint density at radius 1 is 0.704 bits per heavy atom. The van der Waals surface area contributed by atoms with Crippen LogP contribution in [0.1, 0.15) is 143 Å². The van der Waals surface area contributed by atoms with Crippen molar-refractivity contribution in [3.8, 4) is 0 Å². The zero-order chi connectivity index (χ0) is 19.2. The first-order valence-electron chi connectivity index (χ1n) is 13.2. The van der Waals surface area contributed by atoms with Gasteiger partial charge in [-0.15, -0.1) is 0 Å². The van der Waals surface area contributed by atoms with E-state index in [4.69, 9.17) is 0 Å². The van der Waals surface area contributed by atoms with E-state index in [1.165, 1.54) is 57.8 Å². The van der Waals surface area contributed by atoms with Crippen LogP contribution < -0.4 is 0 Å². The van der Waals surface area contributed by atoms with Crippen molar-refractivity contribution in [1.82, 2.24) is 0 Å². The van der Waals surface area contributed by atoms with Gasteiger partial charge in [-0.05, 0) is 86.4 Å². The van der Waals surface area contributed by atoms with Gasteiger partial charge in [-0.1, -0.05) is 85.0 Å². The normalized spacial score (nSPS) is 35.4. The van der Waals surface area contributed by atoms with Crippen molar-refractivity contribution in [2.24, 2.45) is 28.6 Å². The maximum atomic E-state index is 2.70. The lowest BCUT2D eigenvalue weighted by Crippen LogP contribution is -2.43. The van der Waals surface area contributed by atoms with E-state index >= 15 is 0 Å². The van der Waals surface area contributed by atoms with E-state index in [0.29, 0.717) is 0 Å². The van der Waals surface area contributed by atoms with E-state index in [0.717, 1.165) is 28.6 Å². The first-order chi connectivity index (χ1) is 13.2. The third kappa shape index (κ3) is 5.33. The summed E-state index contributed by atoms with van der Waals surface area (Å²) < 4.78 is 0. The van der Waals surface area contributed by atoms with Gasteiger partial charge < -0.3 is 0 Å². The molecule has 0 aromatic heterocycles. The molecular formula is C27H50. The third-order valence-corrected chi connectivity index (χ3v) is 9.51. The van der Waals surface area contributed by atoms with E-state index in [-0.39, 0.29) is 0 Å². The zero-order valence-corrected chi connectivity index (χ0v) is 19.2. The van der Waals surface area contributed by atoms with Gasteiger partial charge in [0.25, 0.3) is 0 Å². The van der Waals surface area contributed by atoms with Gasteiger partial charge in [0.15, 0.2) is 0 Å². The Bertz CT molecular complexity index is 410. The largest absolute Gasteiger partial charge is 0.0654 e. The van der Waals surface area contributed by atoms with Crippen LogP contribution in [-0.2, 0) is 0 Å². The molecule has 3 saturated carbocycles. The SMILES string of the molecule is CCCCCCCCCC1(C2CCCC3(CCC(CCC)CC3)[C@H]2C)CC1. The highest BCUT2D eigenvalue weighted by Crippen LogP contribution is 2.65. The molecule has 0 aromatic rings. The van der Waals surface area contributed by atoms with Crippen molar-refractivity contribution in [1.29, 1.82) is 0 Å². The van der Waals surface area contributed by atoms with E-state index in [1.807, 2.05) is 0 Å². The Morgan fingerprint density at radius 2 is 1.37 bits per heavy atom. The highest BCUT2D eigenvalue weighted by molar-refractivity contribution is 5.05. The molecule has 0 heterocycles. The molecule has 1 unspecified atom stereocenters. The summed E-state index contributed by atoms with van der Waals surface area (Å²) in [5.41, 5.74) is 1.55. The molecule has 3 rings (SSSR count). The fraction of sp³-hybridized carbons (Fsp3) is 1.00. The molecule has 3 aliphatic carbocycles. The van der Waals surface area contributed by atoms with Crippen molar-refractivity contribution in [2.75, 3.05) is 0 Å². The minimum atomic E-state index is 0.753.